The normalized spacial score (nSPS) is 11.1. The van der Waals surface area contributed by atoms with Gasteiger partial charge in [0.1, 0.15) is 5.60 Å². The van der Waals surface area contributed by atoms with Crippen LogP contribution in [-0.4, -0.2) is 59.1 Å². The van der Waals surface area contributed by atoms with Gasteiger partial charge in [0.05, 0.1) is 21.3 Å². The first-order valence-corrected chi connectivity index (χ1v) is 8.94. The molecule has 0 aliphatic heterocycles. The van der Waals surface area contributed by atoms with Crippen molar-refractivity contribution in [2.24, 2.45) is 4.99 Å². The first-order chi connectivity index (χ1) is 13.2. The molecule has 0 bridgehead atoms. The highest BCUT2D eigenvalue weighted by molar-refractivity contribution is 14.0. The van der Waals surface area contributed by atoms with Gasteiger partial charge in [-0.05, 0) is 38.5 Å². The third-order valence-electron chi connectivity index (χ3n) is 3.49. The van der Waals surface area contributed by atoms with Gasteiger partial charge in [0, 0.05) is 26.7 Å². The monoisotopic (exact) mass is 524 g/mol. The number of ether oxygens (including phenoxy) is 4. The van der Waals surface area contributed by atoms with E-state index in [9.17, 15) is 4.79 Å². The number of rotatable bonds is 8. The summed E-state index contributed by atoms with van der Waals surface area (Å²) in [6.07, 6.45) is -0.449. The second-order valence-electron chi connectivity index (χ2n) is 6.81. The summed E-state index contributed by atoms with van der Waals surface area (Å²) in [7, 11) is 6.39. The number of carbonyl (C=O) groups is 1. The van der Waals surface area contributed by atoms with Crippen LogP contribution in [0.5, 0.6) is 17.2 Å². The van der Waals surface area contributed by atoms with Crippen molar-refractivity contribution in [3.8, 4) is 17.2 Å². The lowest BCUT2D eigenvalue weighted by Gasteiger charge is -2.20. The smallest absolute Gasteiger partial charge is 0.407 e. The fraction of sp³-hybridized carbons (Fsp3) is 0.579. The van der Waals surface area contributed by atoms with Gasteiger partial charge in [0.25, 0.3) is 0 Å². The van der Waals surface area contributed by atoms with Crippen molar-refractivity contribution in [3.05, 3.63) is 17.7 Å². The van der Waals surface area contributed by atoms with Gasteiger partial charge in [-0.2, -0.15) is 0 Å². The zero-order valence-corrected chi connectivity index (χ0v) is 20.5. The minimum absolute atomic E-state index is 0. The Bertz CT molecular complexity index is 652. The maximum atomic E-state index is 11.6. The molecule has 3 N–H and O–H groups in total. The molecule has 0 spiro atoms. The summed E-state index contributed by atoms with van der Waals surface area (Å²) in [6.45, 7) is 6.85. The maximum absolute atomic E-state index is 11.6. The van der Waals surface area contributed by atoms with Crippen LogP contribution in [0.1, 0.15) is 26.3 Å². The van der Waals surface area contributed by atoms with Crippen molar-refractivity contribution in [2.75, 3.05) is 41.5 Å². The molecule has 0 aliphatic rings. The highest BCUT2D eigenvalue weighted by Gasteiger charge is 2.15. The van der Waals surface area contributed by atoms with Gasteiger partial charge >= 0.3 is 6.09 Å². The second-order valence-corrected chi connectivity index (χ2v) is 6.81. The van der Waals surface area contributed by atoms with E-state index >= 15 is 0 Å². The third-order valence-corrected chi connectivity index (χ3v) is 3.49. The number of halogens is 1. The number of amides is 1. The highest BCUT2D eigenvalue weighted by Crippen LogP contribution is 2.38. The molecule has 0 aromatic heterocycles. The van der Waals surface area contributed by atoms with Gasteiger partial charge < -0.3 is 34.9 Å². The molecule has 0 atom stereocenters. The Kier molecular flexibility index (Phi) is 12.2. The Morgan fingerprint density at radius 1 is 0.966 bits per heavy atom. The molecule has 0 radical (unpaired) electrons. The third kappa shape index (κ3) is 9.77. The molecule has 10 heteroatoms. The van der Waals surface area contributed by atoms with E-state index < -0.39 is 11.7 Å². The van der Waals surface area contributed by atoms with E-state index in [1.54, 1.807) is 28.4 Å². The second kappa shape index (κ2) is 13.2. The molecular formula is C19H33IN4O5. The van der Waals surface area contributed by atoms with Crippen molar-refractivity contribution >= 4 is 36.0 Å². The van der Waals surface area contributed by atoms with E-state index in [4.69, 9.17) is 18.9 Å². The molecule has 0 saturated heterocycles. The summed E-state index contributed by atoms with van der Waals surface area (Å²) in [5.41, 5.74) is 0.416. The fourth-order valence-electron chi connectivity index (χ4n) is 2.30. The Morgan fingerprint density at radius 2 is 1.52 bits per heavy atom. The lowest BCUT2D eigenvalue weighted by Crippen LogP contribution is -2.42. The summed E-state index contributed by atoms with van der Waals surface area (Å²) in [5, 5.41) is 9.00. The molecule has 1 aromatic rings. The van der Waals surface area contributed by atoms with E-state index in [1.807, 2.05) is 32.9 Å². The topological polar surface area (TPSA) is 102 Å². The molecule has 9 nitrogen and oxygen atoms in total. The summed E-state index contributed by atoms with van der Waals surface area (Å²) in [6, 6.07) is 3.73. The quantitative estimate of drug-likeness (QED) is 0.208. The summed E-state index contributed by atoms with van der Waals surface area (Å²) >= 11 is 0. The van der Waals surface area contributed by atoms with Crippen LogP contribution in [0.15, 0.2) is 17.1 Å². The summed E-state index contributed by atoms with van der Waals surface area (Å²) in [5.74, 6) is 2.32. The van der Waals surface area contributed by atoms with Crippen molar-refractivity contribution in [2.45, 2.75) is 32.9 Å². The van der Waals surface area contributed by atoms with Gasteiger partial charge in [0.2, 0.25) is 5.75 Å². The molecule has 0 aliphatic carbocycles. The number of nitrogens with zero attached hydrogens (tertiary/aromatic N) is 1. The predicted octanol–water partition coefficient (Wildman–Crippen LogP) is 2.52. The van der Waals surface area contributed by atoms with Gasteiger partial charge in [-0.15, -0.1) is 24.0 Å². The van der Waals surface area contributed by atoms with Crippen molar-refractivity contribution in [1.29, 1.82) is 0 Å². The number of carbonyl (C=O) groups excluding carboxylic acids is 1. The minimum atomic E-state index is -0.518. The first kappa shape index (κ1) is 26.9. The Balaban J connectivity index is 0.00000784. The SMILES string of the molecule is CN=C(NCCNC(=O)OC(C)(C)C)NCc1cc(OC)c(OC)c(OC)c1.I. The van der Waals surface area contributed by atoms with Crippen LogP contribution in [0.2, 0.25) is 0 Å². The summed E-state index contributed by atoms with van der Waals surface area (Å²) in [4.78, 5) is 15.8. The molecule has 0 fully saturated rings. The average Bonchev–Trinajstić information content (AvgIpc) is 2.64. The largest absolute Gasteiger partial charge is 0.493 e. The van der Waals surface area contributed by atoms with Crippen LogP contribution in [0.4, 0.5) is 4.79 Å². The summed E-state index contributed by atoms with van der Waals surface area (Å²) < 4.78 is 21.2. The van der Waals surface area contributed by atoms with E-state index in [0.717, 1.165) is 5.56 Å². The minimum Gasteiger partial charge on any atom is -0.493 e. The maximum Gasteiger partial charge on any atom is 0.407 e. The van der Waals surface area contributed by atoms with Crippen LogP contribution in [0.25, 0.3) is 0 Å². The molecule has 0 heterocycles. The molecule has 1 amide bonds. The fourth-order valence-corrected chi connectivity index (χ4v) is 2.30. The van der Waals surface area contributed by atoms with E-state index in [-0.39, 0.29) is 24.0 Å². The lowest BCUT2D eigenvalue weighted by atomic mass is 10.2. The molecule has 0 unspecified atom stereocenters. The highest BCUT2D eigenvalue weighted by atomic mass is 127. The van der Waals surface area contributed by atoms with Gasteiger partial charge in [-0.1, -0.05) is 0 Å². The van der Waals surface area contributed by atoms with Crippen LogP contribution < -0.4 is 30.2 Å². The molecule has 29 heavy (non-hydrogen) atoms. The molecule has 1 aromatic carbocycles. The number of guanidine groups is 1. The zero-order valence-electron chi connectivity index (χ0n) is 18.2. The van der Waals surface area contributed by atoms with Crippen LogP contribution in [0.3, 0.4) is 0 Å². The predicted molar refractivity (Wildman–Crippen MR) is 124 cm³/mol. The van der Waals surface area contributed by atoms with Gasteiger partial charge in [-0.25, -0.2) is 4.79 Å². The van der Waals surface area contributed by atoms with Gasteiger partial charge in [0.15, 0.2) is 17.5 Å². The van der Waals surface area contributed by atoms with Crippen molar-refractivity contribution in [1.82, 2.24) is 16.0 Å². The van der Waals surface area contributed by atoms with Crippen LogP contribution in [0, 0.1) is 0 Å². The number of hydrogen-bond acceptors (Lipinski definition) is 6. The Hall–Kier alpha value is -2.11. The lowest BCUT2D eigenvalue weighted by molar-refractivity contribution is 0.0529. The standard InChI is InChI=1S/C19H32N4O5.HI/c1-19(2,3)28-18(24)22-9-8-21-17(20-4)23-12-13-10-14(25-5)16(27-7)15(11-13)26-6;/h10-11H,8-9,12H2,1-7H3,(H,22,24)(H2,20,21,23);1H. The Labute approximate surface area is 189 Å². The number of methoxy groups -OCH3 is 3. The number of benzene rings is 1. The van der Waals surface area contributed by atoms with Crippen LogP contribution in [-0.2, 0) is 11.3 Å². The Morgan fingerprint density at radius 3 is 1.97 bits per heavy atom. The number of nitrogens with one attached hydrogen (secondary N) is 3. The molecule has 0 saturated carbocycles. The first-order valence-electron chi connectivity index (χ1n) is 8.94. The average molecular weight is 524 g/mol. The molecule has 1 rings (SSSR count). The number of aliphatic imine (C=N–C) groups is 1. The number of hydrogen-bond donors (Lipinski definition) is 3. The van der Waals surface area contributed by atoms with Gasteiger partial charge in [-0.3, -0.25) is 4.99 Å². The zero-order chi connectivity index (χ0) is 21.2. The van der Waals surface area contributed by atoms with Crippen LogP contribution >= 0.6 is 24.0 Å². The van der Waals surface area contributed by atoms with E-state index in [1.165, 1.54) is 0 Å². The van der Waals surface area contributed by atoms with E-state index in [2.05, 4.69) is 20.9 Å². The van der Waals surface area contributed by atoms with E-state index in [0.29, 0.717) is 42.8 Å². The number of alkyl carbamates (subject to hydrolysis) is 1. The molecule has 166 valence electrons. The van der Waals surface area contributed by atoms with Crippen molar-refractivity contribution < 1.29 is 23.7 Å². The van der Waals surface area contributed by atoms with Crippen molar-refractivity contribution in [3.63, 3.8) is 0 Å². The molecular weight excluding hydrogens is 491 g/mol.